The van der Waals surface area contributed by atoms with Crippen molar-refractivity contribution in [3.05, 3.63) is 30.1 Å². The summed E-state index contributed by atoms with van der Waals surface area (Å²) in [5.74, 6) is 1.93. The van der Waals surface area contributed by atoms with Crippen molar-refractivity contribution in [3.8, 4) is 0 Å². The Balaban J connectivity index is 1.70. The molecule has 0 spiro atoms. The Kier molecular flexibility index (Phi) is 4.08. The van der Waals surface area contributed by atoms with Crippen LogP contribution in [0, 0.1) is 11.8 Å². The maximum Gasteiger partial charge on any atom is 0.0334 e. The first-order valence-corrected chi connectivity index (χ1v) is 8.04. The zero-order chi connectivity index (χ0) is 14.0. The molecular formula is C17H27N3. The van der Waals surface area contributed by atoms with Crippen LogP contribution in [0.1, 0.15) is 44.1 Å². The third kappa shape index (κ3) is 2.89. The molecule has 20 heavy (non-hydrogen) atoms. The van der Waals surface area contributed by atoms with E-state index in [0.29, 0.717) is 0 Å². The van der Waals surface area contributed by atoms with E-state index in [0.717, 1.165) is 24.9 Å². The van der Waals surface area contributed by atoms with Crippen molar-refractivity contribution in [2.75, 3.05) is 13.6 Å². The van der Waals surface area contributed by atoms with E-state index in [9.17, 15) is 0 Å². The highest BCUT2D eigenvalue weighted by molar-refractivity contribution is 5.11. The zero-order valence-electron chi connectivity index (χ0n) is 12.6. The second-order valence-corrected chi connectivity index (χ2v) is 6.83. The van der Waals surface area contributed by atoms with Crippen molar-refractivity contribution >= 4 is 0 Å². The fourth-order valence-electron chi connectivity index (χ4n) is 3.97. The molecule has 2 N–H and O–H groups in total. The minimum absolute atomic E-state index is 0.217. The van der Waals surface area contributed by atoms with Crippen LogP contribution in [0.3, 0.4) is 0 Å². The van der Waals surface area contributed by atoms with E-state index in [2.05, 4.69) is 29.1 Å². The van der Waals surface area contributed by atoms with Crippen LogP contribution in [-0.2, 0) is 6.54 Å². The third-order valence-electron chi connectivity index (χ3n) is 5.51. The summed E-state index contributed by atoms with van der Waals surface area (Å²) < 4.78 is 0. The van der Waals surface area contributed by atoms with Gasteiger partial charge < -0.3 is 5.73 Å². The van der Waals surface area contributed by atoms with Gasteiger partial charge in [0.1, 0.15) is 0 Å². The van der Waals surface area contributed by atoms with Crippen LogP contribution in [0.15, 0.2) is 24.5 Å². The number of rotatable bonds is 5. The molecule has 3 nitrogen and oxygen atoms in total. The fraction of sp³-hybridized carbons (Fsp3) is 0.706. The molecule has 110 valence electrons. The summed E-state index contributed by atoms with van der Waals surface area (Å²) in [6.07, 6.45) is 12.0. The van der Waals surface area contributed by atoms with Gasteiger partial charge in [0, 0.05) is 31.0 Å². The number of likely N-dealkylation sites (N-methyl/N-ethyl adjacent to an activating group) is 1. The number of pyridine rings is 1. The average Bonchev–Trinajstić information content (AvgIpc) is 3.33. The summed E-state index contributed by atoms with van der Waals surface area (Å²) in [6, 6.07) is 4.23. The second kappa shape index (κ2) is 5.82. The molecule has 2 saturated carbocycles. The Morgan fingerprint density at radius 3 is 2.65 bits per heavy atom. The molecule has 1 heterocycles. The Morgan fingerprint density at radius 2 is 2.00 bits per heavy atom. The second-order valence-electron chi connectivity index (χ2n) is 6.83. The monoisotopic (exact) mass is 273 g/mol. The van der Waals surface area contributed by atoms with Gasteiger partial charge >= 0.3 is 0 Å². The first-order valence-electron chi connectivity index (χ1n) is 8.04. The smallest absolute Gasteiger partial charge is 0.0334 e. The molecule has 2 fully saturated rings. The Labute approximate surface area is 122 Å². The molecule has 2 unspecified atom stereocenters. The quantitative estimate of drug-likeness (QED) is 0.897. The standard InChI is InChI=1S/C17H27N3/c1-20(12-14-6-9-19-10-7-14)17(13-18)8-2-3-16(11-17)15-4-5-15/h6-7,9-10,15-16H,2-5,8,11-13,18H2,1H3. The normalized spacial score (nSPS) is 30.6. The SMILES string of the molecule is CN(Cc1ccncc1)C1(CN)CCCC(C2CC2)C1. The number of hydrogen-bond donors (Lipinski definition) is 1. The largest absolute Gasteiger partial charge is 0.329 e. The number of aromatic nitrogens is 1. The van der Waals surface area contributed by atoms with Gasteiger partial charge in [-0.05, 0) is 62.3 Å². The summed E-state index contributed by atoms with van der Waals surface area (Å²) >= 11 is 0. The predicted molar refractivity (Wildman–Crippen MR) is 82.2 cm³/mol. The van der Waals surface area contributed by atoms with Gasteiger partial charge in [-0.25, -0.2) is 0 Å². The van der Waals surface area contributed by atoms with Crippen LogP contribution < -0.4 is 5.73 Å². The van der Waals surface area contributed by atoms with Crippen molar-refractivity contribution in [1.29, 1.82) is 0 Å². The summed E-state index contributed by atoms with van der Waals surface area (Å²) in [5, 5.41) is 0. The molecule has 3 rings (SSSR count). The lowest BCUT2D eigenvalue weighted by atomic mass is 9.73. The van der Waals surface area contributed by atoms with Crippen molar-refractivity contribution in [2.45, 2.75) is 50.6 Å². The van der Waals surface area contributed by atoms with Gasteiger partial charge in [-0.3, -0.25) is 9.88 Å². The molecule has 1 aromatic heterocycles. The highest BCUT2D eigenvalue weighted by Gasteiger charge is 2.43. The van der Waals surface area contributed by atoms with Gasteiger partial charge in [0.2, 0.25) is 0 Å². The molecule has 0 radical (unpaired) electrons. The van der Waals surface area contributed by atoms with Crippen molar-refractivity contribution in [1.82, 2.24) is 9.88 Å². The number of hydrogen-bond acceptors (Lipinski definition) is 3. The van der Waals surface area contributed by atoms with Gasteiger partial charge in [-0.2, -0.15) is 0 Å². The third-order valence-corrected chi connectivity index (χ3v) is 5.51. The lowest BCUT2D eigenvalue weighted by molar-refractivity contribution is 0.0459. The van der Waals surface area contributed by atoms with E-state index >= 15 is 0 Å². The molecule has 0 aliphatic heterocycles. The Hall–Kier alpha value is -0.930. The van der Waals surface area contributed by atoms with Gasteiger partial charge in [0.15, 0.2) is 0 Å². The minimum atomic E-state index is 0.217. The van der Waals surface area contributed by atoms with Gasteiger partial charge in [-0.1, -0.05) is 12.8 Å². The van der Waals surface area contributed by atoms with E-state index in [1.165, 1.54) is 44.1 Å². The molecule has 2 aliphatic rings. The molecule has 0 amide bonds. The van der Waals surface area contributed by atoms with Crippen LogP contribution in [0.4, 0.5) is 0 Å². The van der Waals surface area contributed by atoms with E-state index in [1.807, 2.05) is 12.4 Å². The minimum Gasteiger partial charge on any atom is -0.329 e. The van der Waals surface area contributed by atoms with Gasteiger partial charge in [0.25, 0.3) is 0 Å². The Bertz CT molecular complexity index is 429. The van der Waals surface area contributed by atoms with E-state index in [-0.39, 0.29) is 5.54 Å². The van der Waals surface area contributed by atoms with Crippen LogP contribution in [-0.4, -0.2) is 29.0 Å². The highest BCUT2D eigenvalue weighted by atomic mass is 15.2. The maximum absolute atomic E-state index is 6.22. The molecular weight excluding hydrogens is 246 g/mol. The first-order chi connectivity index (χ1) is 9.73. The van der Waals surface area contributed by atoms with E-state index in [4.69, 9.17) is 5.73 Å². The van der Waals surface area contributed by atoms with Crippen LogP contribution in [0.25, 0.3) is 0 Å². The summed E-state index contributed by atoms with van der Waals surface area (Å²) in [4.78, 5) is 6.61. The maximum atomic E-state index is 6.22. The van der Waals surface area contributed by atoms with E-state index < -0.39 is 0 Å². The Morgan fingerprint density at radius 1 is 1.25 bits per heavy atom. The molecule has 3 heteroatoms. The molecule has 0 saturated heterocycles. The molecule has 1 aromatic rings. The van der Waals surface area contributed by atoms with Gasteiger partial charge in [0.05, 0.1) is 0 Å². The summed E-state index contributed by atoms with van der Waals surface area (Å²) in [6.45, 7) is 1.77. The summed E-state index contributed by atoms with van der Waals surface area (Å²) in [5.41, 5.74) is 7.78. The highest BCUT2D eigenvalue weighted by Crippen LogP contribution is 2.47. The van der Waals surface area contributed by atoms with E-state index in [1.54, 1.807) is 0 Å². The fourth-order valence-corrected chi connectivity index (χ4v) is 3.97. The molecule has 2 atom stereocenters. The molecule has 0 aromatic carbocycles. The van der Waals surface area contributed by atoms with Crippen LogP contribution in [0.2, 0.25) is 0 Å². The molecule has 2 aliphatic carbocycles. The predicted octanol–water partition coefficient (Wildman–Crippen LogP) is 2.81. The lowest BCUT2D eigenvalue weighted by Gasteiger charge is -2.47. The lowest BCUT2D eigenvalue weighted by Crippen LogP contribution is -2.54. The van der Waals surface area contributed by atoms with Crippen LogP contribution in [0.5, 0.6) is 0 Å². The summed E-state index contributed by atoms with van der Waals surface area (Å²) in [7, 11) is 2.25. The van der Waals surface area contributed by atoms with Crippen LogP contribution >= 0.6 is 0 Å². The number of nitrogens with two attached hydrogens (primary N) is 1. The van der Waals surface area contributed by atoms with Gasteiger partial charge in [-0.15, -0.1) is 0 Å². The van der Waals surface area contributed by atoms with Crippen molar-refractivity contribution in [2.24, 2.45) is 17.6 Å². The van der Waals surface area contributed by atoms with Crippen molar-refractivity contribution in [3.63, 3.8) is 0 Å². The zero-order valence-corrected chi connectivity index (χ0v) is 12.6. The first kappa shape index (κ1) is 14.0. The molecule has 0 bridgehead atoms. The average molecular weight is 273 g/mol. The topological polar surface area (TPSA) is 42.2 Å². The van der Waals surface area contributed by atoms with Crippen molar-refractivity contribution < 1.29 is 0 Å². The number of nitrogens with zero attached hydrogens (tertiary/aromatic N) is 2.